The van der Waals surface area contributed by atoms with Crippen molar-refractivity contribution in [2.24, 2.45) is 5.14 Å². The summed E-state index contributed by atoms with van der Waals surface area (Å²) in [5.41, 5.74) is 0.412. The Labute approximate surface area is 121 Å². The third-order valence-corrected chi connectivity index (χ3v) is 3.21. The topological polar surface area (TPSA) is 139 Å². The van der Waals surface area contributed by atoms with Crippen LogP contribution in [0.4, 0.5) is 0 Å². The Morgan fingerprint density at radius 2 is 2.14 bits per heavy atom. The molecule has 0 bridgehead atoms. The maximum atomic E-state index is 11.9. The second-order valence-corrected chi connectivity index (χ2v) is 5.82. The molecule has 0 spiro atoms. The third-order valence-electron chi connectivity index (χ3n) is 2.35. The number of aliphatic carboxylic acids is 1. The molecule has 0 saturated carbocycles. The molecular weight excluding hydrogens is 298 g/mol. The van der Waals surface area contributed by atoms with E-state index in [0.29, 0.717) is 5.56 Å². The molecule has 0 radical (unpaired) electrons. The van der Waals surface area contributed by atoms with Crippen LogP contribution in [0, 0.1) is 0 Å². The van der Waals surface area contributed by atoms with Crippen molar-refractivity contribution in [3.63, 3.8) is 0 Å². The van der Waals surface area contributed by atoms with E-state index in [2.05, 4.69) is 10.3 Å². The second kappa shape index (κ2) is 7.50. The molecule has 0 saturated heterocycles. The van der Waals surface area contributed by atoms with Gasteiger partial charge in [0.15, 0.2) is 0 Å². The number of sulfonamides is 1. The second-order valence-electron chi connectivity index (χ2n) is 4.09. The first-order chi connectivity index (χ1) is 9.79. The van der Waals surface area contributed by atoms with Crippen molar-refractivity contribution < 1.29 is 23.1 Å². The number of nitrogens with one attached hydrogen (secondary N) is 1. The van der Waals surface area contributed by atoms with Crippen LogP contribution >= 0.6 is 0 Å². The summed E-state index contributed by atoms with van der Waals surface area (Å²) in [6, 6.07) is 3.12. The summed E-state index contributed by atoms with van der Waals surface area (Å²) in [5.74, 6) is -1.89. The number of nitrogens with zero attached hydrogens (tertiary/aromatic N) is 1. The fraction of sp³-hybridized carbons (Fsp3) is 0.250. The zero-order chi connectivity index (χ0) is 15.9. The lowest BCUT2D eigenvalue weighted by Gasteiger charge is -2.06. The van der Waals surface area contributed by atoms with E-state index in [1.54, 1.807) is 12.1 Å². The smallest absolute Gasteiger partial charge is 0.328 e. The first kappa shape index (κ1) is 16.8. The summed E-state index contributed by atoms with van der Waals surface area (Å²) >= 11 is 0. The number of rotatable bonds is 7. The quantitative estimate of drug-likeness (QED) is 0.462. The minimum atomic E-state index is -3.56. The molecular formula is C12H15N3O5S. The Balaban J connectivity index is 2.68. The van der Waals surface area contributed by atoms with Crippen LogP contribution in [0.25, 0.3) is 6.08 Å². The minimum Gasteiger partial charge on any atom is -0.478 e. The van der Waals surface area contributed by atoms with Gasteiger partial charge in [-0.2, -0.15) is 0 Å². The standard InChI is InChI=1S/C12H15N3O5S/c13-21(19,20)8-2-7-15-12(18)11-9(3-1-6-14-11)4-5-10(16)17/h1,3-6H,2,7-8H2,(H,15,18)(H,16,17)(H2,13,19,20)/b5-4+. The summed E-state index contributed by atoms with van der Waals surface area (Å²) in [6.07, 6.45) is 3.73. The first-order valence-corrected chi connectivity index (χ1v) is 7.66. The molecule has 1 aromatic heterocycles. The van der Waals surface area contributed by atoms with Crippen LogP contribution in [0.15, 0.2) is 24.4 Å². The van der Waals surface area contributed by atoms with E-state index in [1.807, 2.05) is 0 Å². The molecule has 0 aromatic carbocycles. The van der Waals surface area contributed by atoms with Gasteiger partial charge in [-0.05, 0) is 18.6 Å². The molecule has 0 atom stereocenters. The van der Waals surface area contributed by atoms with E-state index >= 15 is 0 Å². The highest BCUT2D eigenvalue weighted by Gasteiger charge is 2.11. The number of aromatic nitrogens is 1. The van der Waals surface area contributed by atoms with Gasteiger partial charge in [0.25, 0.3) is 5.91 Å². The van der Waals surface area contributed by atoms with Crippen molar-refractivity contribution >= 4 is 28.0 Å². The fourth-order valence-corrected chi connectivity index (χ4v) is 2.01. The van der Waals surface area contributed by atoms with Crippen molar-refractivity contribution in [1.29, 1.82) is 0 Å². The number of hydrogen-bond donors (Lipinski definition) is 3. The lowest BCUT2D eigenvalue weighted by Crippen LogP contribution is -2.28. The summed E-state index contributed by atoms with van der Waals surface area (Å²) in [5, 5.41) is 15.9. The third kappa shape index (κ3) is 6.63. The van der Waals surface area contributed by atoms with E-state index < -0.39 is 21.9 Å². The number of carboxylic acids is 1. The number of hydrogen-bond acceptors (Lipinski definition) is 5. The number of pyridine rings is 1. The van der Waals surface area contributed by atoms with Gasteiger partial charge in [0.1, 0.15) is 5.69 Å². The summed E-state index contributed by atoms with van der Waals surface area (Å²) in [6.45, 7) is 0.119. The van der Waals surface area contributed by atoms with Gasteiger partial charge in [0, 0.05) is 24.4 Å². The van der Waals surface area contributed by atoms with Crippen molar-refractivity contribution in [3.8, 4) is 0 Å². The predicted molar refractivity (Wildman–Crippen MR) is 75.8 cm³/mol. The van der Waals surface area contributed by atoms with Crippen LogP contribution in [0.2, 0.25) is 0 Å². The van der Waals surface area contributed by atoms with E-state index in [4.69, 9.17) is 10.2 Å². The van der Waals surface area contributed by atoms with Crippen LogP contribution < -0.4 is 10.5 Å². The van der Waals surface area contributed by atoms with Gasteiger partial charge in [-0.3, -0.25) is 9.78 Å². The Hall–Kier alpha value is -2.26. The molecule has 1 amide bonds. The summed E-state index contributed by atoms with van der Waals surface area (Å²) in [4.78, 5) is 26.3. The van der Waals surface area contributed by atoms with Crippen LogP contribution in [0.1, 0.15) is 22.5 Å². The monoisotopic (exact) mass is 313 g/mol. The predicted octanol–water partition coefficient (Wildman–Crippen LogP) is -0.412. The number of carbonyl (C=O) groups excluding carboxylic acids is 1. The van der Waals surface area contributed by atoms with Crippen molar-refractivity contribution in [2.45, 2.75) is 6.42 Å². The van der Waals surface area contributed by atoms with E-state index in [0.717, 1.165) is 6.08 Å². The van der Waals surface area contributed by atoms with Crippen molar-refractivity contribution in [3.05, 3.63) is 35.7 Å². The molecule has 1 heterocycles. The molecule has 0 aliphatic heterocycles. The molecule has 0 unspecified atom stereocenters. The fourth-order valence-electron chi connectivity index (χ4n) is 1.46. The zero-order valence-electron chi connectivity index (χ0n) is 11.0. The number of carbonyl (C=O) groups is 2. The van der Waals surface area contributed by atoms with E-state index in [-0.39, 0.29) is 24.4 Å². The van der Waals surface area contributed by atoms with Gasteiger partial charge in [0.05, 0.1) is 5.75 Å². The molecule has 4 N–H and O–H groups in total. The Bertz CT molecular complexity index is 655. The van der Waals surface area contributed by atoms with Gasteiger partial charge in [-0.25, -0.2) is 18.4 Å². The van der Waals surface area contributed by atoms with E-state index in [9.17, 15) is 18.0 Å². The van der Waals surface area contributed by atoms with Gasteiger partial charge >= 0.3 is 5.97 Å². The molecule has 114 valence electrons. The van der Waals surface area contributed by atoms with Gasteiger partial charge in [-0.15, -0.1) is 0 Å². The molecule has 8 nitrogen and oxygen atoms in total. The van der Waals surface area contributed by atoms with Gasteiger partial charge in [0.2, 0.25) is 10.0 Å². The molecule has 1 rings (SSSR count). The van der Waals surface area contributed by atoms with E-state index in [1.165, 1.54) is 12.3 Å². The number of primary sulfonamides is 1. The van der Waals surface area contributed by atoms with Gasteiger partial charge < -0.3 is 10.4 Å². The summed E-state index contributed by atoms with van der Waals surface area (Å²) in [7, 11) is -3.56. The number of amides is 1. The van der Waals surface area contributed by atoms with Crippen molar-refractivity contribution in [2.75, 3.05) is 12.3 Å². The number of nitrogens with two attached hydrogens (primary N) is 1. The molecule has 9 heteroatoms. The summed E-state index contributed by atoms with van der Waals surface area (Å²) < 4.78 is 21.5. The lowest BCUT2D eigenvalue weighted by molar-refractivity contribution is -0.131. The largest absolute Gasteiger partial charge is 0.478 e. The number of carboxylic acid groups (broad SMARTS) is 1. The maximum absolute atomic E-state index is 11.9. The average molecular weight is 313 g/mol. The first-order valence-electron chi connectivity index (χ1n) is 5.94. The maximum Gasteiger partial charge on any atom is 0.328 e. The van der Waals surface area contributed by atoms with Crippen LogP contribution in [-0.4, -0.2) is 42.7 Å². The lowest BCUT2D eigenvalue weighted by atomic mass is 10.1. The molecule has 21 heavy (non-hydrogen) atoms. The average Bonchev–Trinajstić information content (AvgIpc) is 2.40. The Morgan fingerprint density at radius 3 is 2.76 bits per heavy atom. The van der Waals surface area contributed by atoms with Gasteiger partial charge in [-0.1, -0.05) is 6.07 Å². The SMILES string of the molecule is NS(=O)(=O)CCCNC(=O)c1ncccc1/C=C/C(=O)O. The van der Waals surface area contributed by atoms with Crippen LogP contribution in [0.5, 0.6) is 0 Å². The highest BCUT2D eigenvalue weighted by Crippen LogP contribution is 2.07. The van der Waals surface area contributed by atoms with Crippen LogP contribution in [0.3, 0.4) is 0 Å². The normalized spacial score (nSPS) is 11.5. The molecule has 0 fully saturated rings. The van der Waals surface area contributed by atoms with Crippen molar-refractivity contribution in [1.82, 2.24) is 10.3 Å². The molecule has 0 aliphatic rings. The highest BCUT2D eigenvalue weighted by molar-refractivity contribution is 7.89. The van der Waals surface area contributed by atoms with Crippen LogP contribution in [-0.2, 0) is 14.8 Å². The minimum absolute atomic E-state index is 0.0607. The highest BCUT2D eigenvalue weighted by atomic mass is 32.2. The molecule has 1 aromatic rings. The Morgan fingerprint density at radius 1 is 1.43 bits per heavy atom. The molecule has 0 aliphatic carbocycles. The Kier molecular flexibility index (Phi) is 6.00. The zero-order valence-corrected chi connectivity index (χ0v) is 11.8.